The fraction of sp³-hybridized carbons (Fsp3) is 0.533. The van der Waals surface area contributed by atoms with Crippen molar-refractivity contribution in [2.45, 2.75) is 25.8 Å². The molecule has 5 heteroatoms. The number of ether oxygens (including phenoxy) is 1. The van der Waals surface area contributed by atoms with Gasteiger partial charge < -0.3 is 15.2 Å². The molecule has 1 aliphatic rings. The molecule has 1 atom stereocenters. The molecule has 0 saturated carbocycles. The Morgan fingerprint density at radius 1 is 1.50 bits per heavy atom. The highest BCUT2D eigenvalue weighted by atomic mass is 16.5. The summed E-state index contributed by atoms with van der Waals surface area (Å²) in [4.78, 5) is 14.1. The molecule has 0 aliphatic carbocycles. The van der Waals surface area contributed by atoms with Crippen LogP contribution in [0.25, 0.3) is 0 Å². The molecule has 20 heavy (non-hydrogen) atoms. The molecule has 1 aromatic rings. The molecule has 5 nitrogen and oxygen atoms in total. The van der Waals surface area contributed by atoms with Crippen LogP contribution in [0.15, 0.2) is 24.3 Å². The minimum Gasteiger partial charge on any atom is -0.492 e. The number of aliphatic hydroxyl groups excluding tert-OH is 1. The summed E-state index contributed by atoms with van der Waals surface area (Å²) in [7, 11) is 0. The molecule has 0 aromatic heterocycles. The lowest BCUT2D eigenvalue weighted by Gasteiger charge is -2.22. The fourth-order valence-electron chi connectivity index (χ4n) is 2.54. The summed E-state index contributed by atoms with van der Waals surface area (Å²) in [6.45, 7) is 3.76. The second kappa shape index (κ2) is 7.26. The zero-order chi connectivity index (χ0) is 14.4. The van der Waals surface area contributed by atoms with Crippen LogP contribution in [0.3, 0.4) is 0 Å². The van der Waals surface area contributed by atoms with Gasteiger partial charge in [-0.3, -0.25) is 9.69 Å². The molecular weight excluding hydrogens is 256 g/mol. The minimum absolute atomic E-state index is 0.0718. The van der Waals surface area contributed by atoms with E-state index in [0.717, 1.165) is 19.4 Å². The zero-order valence-corrected chi connectivity index (χ0v) is 11.8. The van der Waals surface area contributed by atoms with E-state index in [1.165, 1.54) is 0 Å². The second-order valence-electron chi connectivity index (χ2n) is 4.93. The van der Waals surface area contributed by atoms with Gasteiger partial charge in [-0.05, 0) is 38.4 Å². The molecule has 1 saturated heterocycles. The first-order valence-corrected chi connectivity index (χ1v) is 7.11. The van der Waals surface area contributed by atoms with Crippen molar-refractivity contribution in [1.82, 2.24) is 4.90 Å². The van der Waals surface area contributed by atoms with Crippen LogP contribution in [-0.2, 0) is 4.79 Å². The van der Waals surface area contributed by atoms with Crippen LogP contribution in [-0.4, -0.2) is 48.3 Å². The summed E-state index contributed by atoms with van der Waals surface area (Å²) in [5.74, 6) is 0.612. The molecule has 1 heterocycles. The number of benzene rings is 1. The molecule has 0 bridgehead atoms. The Bertz CT molecular complexity index is 450. The van der Waals surface area contributed by atoms with Crippen molar-refractivity contribution in [3.05, 3.63) is 24.3 Å². The van der Waals surface area contributed by atoms with Crippen molar-refractivity contribution in [3.8, 4) is 5.75 Å². The number of aliphatic hydroxyl groups is 1. The number of anilines is 1. The van der Waals surface area contributed by atoms with Crippen LogP contribution >= 0.6 is 0 Å². The van der Waals surface area contributed by atoms with Gasteiger partial charge in [0.2, 0.25) is 5.91 Å². The van der Waals surface area contributed by atoms with Crippen LogP contribution in [0.5, 0.6) is 5.75 Å². The van der Waals surface area contributed by atoms with Gasteiger partial charge in [-0.25, -0.2) is 0 Å². The SMILES string of the molecule is CCOc1ccccc1NC(=O)CN1CCC[C@H]1CO. The lowest BCUT2D eigenvalue weighted by atomic mass is 10.2. The lowest BCUT2D eigenvalue weighted by molar-refractivity contribution is -0.117. The number of para-hydroxylation sites is 2. The maximum atomic E-state index is 12.1. The maximum absolute atomic E-state index is 12.1. The quantitative estimate of drug-likeness (QED) is 0.827. The molecule has 1 aliphatic heterocycles. The van der Waals surface area contributed by atoms with Crippen LogP contribution < -0.4 is 10.1 Å². The Labute approximate surface area is 119 Å². The average Bonchev–Trinajstić information content (AvgIpc) is 2.88. The Hall–Kier alpha value is -1.59. The molecule has 2 rings (SSSR count). The summed E-state index contributed by atoms with van der Waals surface area (Å²) in [6, 6.07) is 7.53. The Kier molecular flexibility index (Phi) is 5.38. The third kappa shape index (κ3) is 3.71. The van der Waals surface area contributed by atoms with E-state index in [4.69, 9.17) is 4.74 Å². The van der Waals surface area contributed by atoms with Crippen LogP contribution in [0, 0.1) is 0 Å². The zero-order valence-electron chi connectivity index (χ0n) is 11.8. The Morgan fingerprint density at radius 2 is 2.30 bits per heavy atom. The molecule has 0 radical (unpaired) electrons. The van der Waals surface area contributed by atoms with Gasteiger partial charge in [-0.2, -0.15) is 0 Å². The van der Waals surface area contributed by atoms with E-state index in [0.29, 0.717) is 24.6 Å². The topological polar surface area (TPSA) is 61.8 Å². The number of carbonyl (C=O) groups is 1. The van der Waals surface area contributed by atoms with Crippen molar-refractivity contribution in [1.29, 1.82) is 0 Å². The van der Waals surface area contributed by atoms with Gasteiger partial charge in [0.15, 0.2) is 0 Å². The Morgan fingerprint density at radius 3 is 3.05 bits per heavy atom. The van der Waals surface area contributed by atoms with Crippen LogP contribution in [0.4, 0.5) is 5.69 Å². The highest BCUT2D eigenvalue weighted by Gasteiger charge is 2.25. The fourth-order valence-corrected chi connectivity index (χ4v) is 2.54. The number of hydrogen-bond donors (Lipinski definition) is 2. The first kappa shape index (κ1) is 14.8. The monoisotopic (exact) mass is 278 g/mol. The number of likely N-dealkylation sites (tertiary alicyclic amines) is 1. The van der Waals surface area contributed by atoms with Crippen LogP contribution in [0.2, 0.25) is 0 Å². The summed E-state index contributed by atoms with van der Waals surface area (Å²) in [6.07, 6.45) is 1.99. The van der Waals surface area contributed by atoms with Gasteiger partial charge >= 0.3 is 0 Å². The van der Waals surface area contributed by atoms with Crippen molar-refractivity contribution < 1.29 is 14.6 Å². The number of hydrogen-bond acceptors (Lipinski definition) is 4. The Balaban J connectivity index is 1.94. The van der Waals surface area contributed by atoms with E-state index in [-0.39, 0.29) is 18.6 Å². The molecule has 2 N–H and O–H groups in total. The van der Waals surface area contributed by atoms with E-state index in [1.54, 1.807) is 0 Å². The van der Waals surface area contributed by atoms with Crippen molar-refractivity contribution in [2.75, 3.05) is 31.6 Å². The third-order valence-electron chi connectivity index (χ3n) is 3.52. The summed E-state index contributed by atoms with van der Waals surface area (Å²) in [5, 5.41) is 12.1. The van der Waals surface area contributed by atoms with E-state index in [1.807, 2.05) is 36.1 Å². The maximum Gasteiger partial charge on any atom is 0.238 e. The lowest BCUT2D eigenvalue weighted by Crippen LogP contribution is -2.38. The first-order chi connectivity index (χ1) is 9.74. The molecule has 0 spiro atoms. The third-order valence-corrected chi connectivity index (χ3v) is 3.52. The predicted octanol–water partition coefficient (Wildman–Crippen LogP) is 1.48. The van der Waals surface area contributed by atoms with E-state index in [2.05, 4.69) is 5.32 Å². The molecule has 1 fully saturated rings. The van der Waals surface area contributed by atoms with E-state index < -0.39 is 0 Å². The molecule has 0 unspecified atom stereocenters. The normalized spacial score (nSPS) is 19.0. The van der Waals surface area contributed by atoms with Gasteiger partial charge in [-0.15, -0.1) is 0 Å². The summed E-state index contributed by atoms with van der Waals surface area (Å²) in [5.41, 5.74) is 0.694. The molecule has 1 amide bonds. The minimum atomic E-state index is -0.0718. The second-order valence-corrected chi connectivity index (χ2v) is 4.93. The standard InChI is InChI=1S/C15H22N2O3/c1-2-20-14-8-4-3-7-13(14)16-15(19)10-17-9-5-6-12(17)11-18/h3-4,7-8,12,18H,2,5-6,9-11H2,1H3,(H,16,19)/t12-/m0/s1. The predicted molar refractivity (Wildman–Crippen MR) is 77.9 cm³/mol. The van der Waals surface area contributed by atoms with Gasteiger partial charge in [-0.1, -0.05) is 12.1 Å². The number of rotatable bonds is 6. The highest BCUT2D eigenvalue weighted by Crippen LogP contribution is 2.24. The average molecular weight is 278 g/mol. The van der Waals surface area contributed by atoms with E-state index >= 15 is 0 Å². The van der Waals surface area contributed by atoms with Crippen molar-refractivity contribution >= 4 is 11.6 Å². The number of nitrogens with one attached hydrogen (secondary N) is 1. The largest absolute Gasteiger partial charge is 0.492 e. The van der Waals surface area contributed by atoms with Gasteiger partial charge in [0.05, 0.1) is 25.4 Å². The molecular formula is C15H22N2O3. The van der Waals surface area contributed by atoms with Crippen LogP contribution in [0.1, 0.15) is 19.8 Å². The number of nitrogens with zero attached hydrogens (tertiary/aromatic N) is 1. The van der Waals surface area contributed by atoms with Crippen molar-refractivity contribution in [3.63, 3.8) is 0 Å². The number of carbonyl (C=O) groups excluding carboxylic acids is 1. The summed E-state index contributed by atoms with van der Waals surface area (Å²) >= 11 is 0. The highest BCUT2D eigenvalue weighted by molar-refractivity contribution is 5.93. The van der Waals surface area contributed by atoms with Gasteiger partial charge in [0.25, 0.3) is 0 Å². The van der Waals surface area contributed by atoms with E-state index in [9.17, 15) is 9.90 Å². The smallest absolute Gasteiger partial charge is 0.238 e. The number of amides is 1. The molecule has 1 aromatic carbocycles. The van der Waals surface area contributed by atoms with Crippen molar-refractivity contribution in [2.24, 2.45) is 0 Å². The first-order valence-electron chi connectivity index (χ1n) is 7.11. The van der Waals surface area contributed by atoms with Gasteiger partial charge in [0, 0.05) is 6.04 Å². The molecule has 110 valence electrons. The summed E-state index contributed by atoms with van der Waals surface area (Å²) < 4.78 is 5.48. The van der Waals surface area contributed by atoms with Gasteiger partial charge in [0.1, 0.15) is 5.75 Å².